The lowest BCUT2D eigenvalue weighted by Crippen LogP contribution is -2.24. The first-order chi connectivity index (χ1) is 16.3. The van der Waals surface area contributed by atoms with Gasteiger partial charge in [-0.3, -0.25) is 0 Å². The van der Waals surface area contributed by atoms with Gasteiger partial charge in [-0.05, 0) is 48.9 Å². The molecule has 34 heavy (non-hydrogen) atoms. The number of benzene rings is 3. The summed E-state index contributed by atoms with van der Waals surface area (Å²) < 4.78 is 17.1. The average Bonchev–Trinajstić information content (AvgIpc) is 3.28. The summed E-state index contributed by atoms with van der Waals surface area (Å²) in [6.45, 7) is 5.89. The summed E-state index contributed by atoms with van der Waals surface area (Å²) in [5.74, 6) is 6.77. The number of oxazole rings is 1. The monoisotopic (exact) mass is 476 g/mol. The third kappa shape index (κ3) is 7.72. The zero-order valence-corrected chi connectivity index (χ0v) is 20.1. The first-order valence-electron chi connectivity index (χ1n) is 11.1. The smallest absolute Gasteiger partial charge is 0.227 e. The van der Waals surface area contributed by atoms with E-state index >= 15 is 0 Å². The van der Waals surface area contributed by atoms with Crippen LogP contribution in [0.3, 0.4) is 0 Å². The molecule has 0 aliphatic carbocycles. The van der Waals surface area contributed by atoms with Gasteiger partial charge in [0.05, 0.1) is 19.8 Å². The van der Waals surface area contributed by atoms with Crippen LogP contribution in [0.25, 0.3) is 22.6 Å². The molecule has 5 nitrogen and oxygen atoms in total. The van der Waals surface area contributed by atoms with Crippen molar-refractivity contribution in [3.63, 3.8) is 0 Å². The maximum absolute atomic E-state index is 5.82. The molecule has 1 heterocycles. The second-order valence-electron chi connectivity index (χ2n) is 7.71. The molecule has 0 saturated heterocycles. The molecule has 6 heteroatoms. The molecule has 4 aromatic rings. The third-order valence-corrected chi connectivity index (χ3v) is 5.07. The Labute approximate surface area is 206 Å². The number of halogens is 1. The Morgan fingerprint density at radius 2 is 1.62 bits per heavy atom. The molecule has 0 spiro atoms. The Bertz CT molecular complexity index is 1180. The van der Waals surface area contributed by atoms with Crippen molar-refractivity contribution in [3.05, 3.63) is 89.5 Å². The van der Waals surface area contributed by atoms with Crippen molar-refractivity contribution in [1.29, 1.82) is 0 Å². The van der Waals surface area contributed by atoms with Gasteiger partial charge in [0.2, 0.25) is 5.89 Å². The highest BCUT2D eigenvalue weighted by atomic mass is 35.5. The normalized spacial score (nSPS) is 10.5. The number of para-hydroxylation sites is 2. The second-order valence-corrected chi connectivity index (χ2v) is 7.71. The minimum Gasteiger partial charge on any atom is -0.436 e. The molecular weight excluding hydrogens is 448 g/mol. The highest BCUT2D eigenvalue weighted by Gasteiger charge is 2.07. The molecule has 4 rings (SSSR count). The largest absolute Gasteiger partial charge is 0.436 e. The van der Waals surface area contributed by atoms with Crippen molar-refractivity contribution in [2.75, 3.05) is 32.9 Å². The van der Waals surface area contributed by atoms with E-state index in [0.717, 1.165) is 40.9 Å². The maximum atomic E-state index is 5.82. The molecule has 0 unspecified atom stereocenters. The van der Waals surface area contributed by atoms with Crippen LogP contribution in [0, 0.1) is 18.8 Å². The SMILES string of the molecule is Cc1ccc(C#CCOCCNCCOCc2ccc(-c3nc4ccccc4o3)cc2)cc1.Cl. The highest BCUT2D eigenvalue weighted by Crippen LogP contribution is 2.24. The van der Waals surface area contributed by atoms with Crippen LogP contribution < -0.4 is 5.32 Å². The third-order valence-electron chi connectivity index (χ3n) is 5.07. The Morgan fingerprint density at radius 1 is 0.882 bits per heavy atom. The van der Waals surface area contributed by atoms with Gasteiger partial charge in [0.25, 0.3) is 0 Å². The van der Waals surface area contributed by atoms with Crippen molar-refractivity contribution in [1.82, 2.24) is 10.3 Å². The molecule has 0 radical (unpaired) electrons. The minimum atomic E-state index is 0. The number of fused-ring (bicyclic) bond motifs is 1. The molecule has 0 atom stereocenters. The molecule has 0 aliphatic heterocycles. The summed E-state index contributed by atoms with van der Waals surface area (Å²) in [6, 6.07) is 24.1. The Kier molecular flexibility index (Phi) is 10.1. The van der Waals surface area contributed by atoms with Crippen LogP contribution in [0.1, 0.15) is 16.7 Å². The number of ether oxygens (including phenoxy) is 2. The number of hydrogen-bond donors (Lipinski definition) is 1. The first-order valence-corrected chi connectivity index (χ1v) is 11.1. The summed E-state index contributed by atoms with van der Waals surface area (Å²) >= 11 is 0. The van der Waals surface area contributed by atoms with Crippen molar-refractivity contribution in [2.45, 2.75) is 13.5 Å². The van der Waals surface area contributed by atoms with E-state index in [-0.39, 0.29) is 12.4 Å². The van der Waals surface area contributed by atoms with Crippen molar-refractivity contribution in [3.8, 4) is 23.3 Å². The topological polar surface area (TPSA) is 56.5 Å². The lowest BCUT2D eigenvalue weighted by atomic mass is 10.1. The molecule has 0 fully saturated rings. The predicted octanol–water partition coefficient (Wildman–Crippen LogP) is 5.40. The fraction of sp³-hybridized carbons (Fsp3) is 0.250. The summed E-state index contributed by atoms with van der Waals surface area (Å²) in [5.41, 5.74) is 5.99. The molecule has 0 bridgehead atoms. The summed E-state index contributed by atoms with van der Waals surface area (Å²) in [6.07, 6.45) is 0. The minimum absolute atomic E-state index is 0. The summed E-state index contributed by atoms with van der Waals surface area (Å²) in [4.78, 5) is 4.53. The van der Waals surface area contributed by atoms with Crippen LogP contribution >= 0.6 is 12.4 Å². The maximum Gasteiger partial charge on any atom is 0.227 e. The van der Waals surface area contributed by atoms with Crippen LogP contribution in [0.2, 0.25) is 0 Å². The van der Waals surface area contributed by atoms with Gasteiger partial charge in [-0.2, -0.15) is 0 Å². The Hall–Kier alpha value is -3.14. The van der Waals surface area contributed by atoms with Gasteiger partial charge >= 0.3 is 0 Å². The molecule has 1 N–H and O–H groups in total. The number of nitrogens with one attached hydrogen (secondary N) is 1. The standard InChI is InChI=1S/C28H28N2O3.ClH/c1-22-8-10-23(11-9-22)5-4-18-31-19-16-29-17-20-32-21-24-12-14-25(15-13-24)28-30-26-6-2-3-7-27(26)33-28;/h2-3,6-15,29H,16-21H2,1H3;1H. The van der Waals surface area contributed by atoms with Crippen LogP contribution in [-0.2, 0) is 16.1 Å². The zero-order valence-electron chi connectivity index (χ0n) is 19.3. The van der Waals surface area contributed by atoms with E-state index in [1.807, 2.05) is 60.7 Å². The van der Waals surface area contributed by atoms with Gasteiger partial charge in [0.15, 0.2) is 5.58 Å². The fourth-order valence-corrected chi connectivity index (χ4v) is 3.24. The van der Waals surface area contributed by atoms with E-state index in [1.165, 1.54) is 5.56 Å². The van der Waals surface area contributed by atoms with Gasteiger partial charge in [0.1, 0.15) is 12.1 Å². The van der Waals surface area contributed by atoms with Crippen LogP contribution in [-0.4, -0.2) is 37.9 Å². The first kappa shape index (κ1) is 25.5. The lowest BCUT2D eigenvalue weighted by Gasteiger charge is -2.07. The number of aromatic nitrogens is 1. The van der Waals surface area contributed by atoms with E-state index in [1.54, 1.807) is 0 Å². The zero-order chi connectivity index (χ0) is 22.7. The second kappa shape index (κ2) is 13.5. The van der Waals surface area contributed by atoms with Crippen LogP contribution in [0.15, 0.2) is 77.2 Å². The van der Waals surface area contributed by atoms with Crippen LogP contribution in [0.4, 0.5) is 0 Å². The molecule has 1 aromatic heterocycles. The summed E-state index contributed by atoms with van der Waals surface area (Å²) in [5, 5.41) is 3.31. The van der Waals surface area contributed by atoms with Gasteiger partial charge in [-0.25, -0.2) is 4.98 Å². The number of hydrogen-bond acceptors (Lipinski definition) is 5. The van der Waals surface area contributed by atoms with Crippen LogP contribution in [0.5, 0.6) is 0 Å². The van der Waals surface area contributed by atoms with E-state index in [4.69, 9.17) is 13.9 Å². The molecule has 3 aromatic carbocycles. The van der Waals surface area contributed by atoms with Crippen molar-refractivity contribution < 1.29 is 13.9 Å². The van der Waals surface area contributed by atoms with E-state index in [2.05, 4.69) is 41.2 Å². The van der Waals surface area contributed by atoms with E-state index < -0.39 is 0 Å². The summed E-state index contributed by atoms with van der Waals surface area (Å²) in [7, 11) is 0. The number of nitrogens with zero attached hydrogens (tertiary/aromatic N) is 1. The van der Waals surface area contributed by atoms with Crippen molar-refractivity contribution >= 4 is 23.5 Å². The molecular formula is C28H29ClN2O3. The van der Waals surface area contributed by atoms with Gasteiger partial charge in [-0.1, -0.05) is 53.8 Å². The number of rotatable bonds is 10. The van der Waals surface area contributed by atoms with E-state index in [0.29, 0.717) is 32.3 Å². The molecule has 0 saturated carbocycles. The molecule has 0 aliphatic rings. The Morgan fingerprint density at radius 3 is 2.38 bits per heavy atom. The number of aryl methyl sites for hydroxylation is 1. The molecule has 0 amide bonds. The van der Waals surface area contributed by atoms with Gasteiger partial charge in [0, 0.05) is 24.2 Å². The quantitative estimate of drug-likeness (QED) is 0.245. The highest BCUT2D eigenvalue weighted by molar-refractivity contribution is 5.85. The lowest BCUT2D eigenvalue weighted by molar-refractivity contribution is 0.118. The Balaban J connectivity index is 0.00000324. The fourth-order valence-electron chi connectivity index (χ4n) is 3.24. The van der Waals surface area contributed by atoms with Gasteiger partial charge < -0.3 is 19.2 Å². The van der Waals surface area contributed by atoms with Gasteiger partial charge in [-0.15, -0.1) is 12.4 Å². The van der Waals surface area contributed by atoms with E-state index in [9.17, 15) is 0 Å². The average molecular weight is 477 g/mol. The predicted molar refractivity (Wildman–Crippen MR) is 138 cm³/mol. The van der Waals surface area contributed by atoms with Crippen molar-refractivity contribution in [2.24, 2.45) is 0 Å². The molecule has 176 valence electrons.